The van der Waals surface area contributed by atoms with Gasteiger partial charge in [0.15, 0.2) is 11.5 Å². The van der Waals surface area contributed by atoms with Crippen LogP contribution in [0.1, 0.15) is 28.6 Å². The molecule has 0 saturated heterocycles. The van der Waals surface area contributed by atoms with Gasteiger partial charge >= 0.3 is 0 Å². The molecule has 26 heavy (non-hydrogen) atoms. The van der Waals surface area contributed by atoms with Gasteiger partial charge in [-0.1, -0.05) is 12.1 Å². The Hall–Kier alpha value is -2.86. The predicted octanol–water partition coefficient (Wildman–Crippen LogP) is 2.72. The number of nitrogens with zero attached hydrogens (tertiary/aromatic N) is 3. The Morgan fingerprint density at radius 1 is 1.15 bits per heavy atom. The molecule has 0 radical (unpaired) electrons. The van der Waals surface area contributed by atoms with Crippen molar-refractivity contribution in [2.45, 2.75) is 19.0 Å². The SMILES string of the molecule is c1cncc(CN2CCc3[nH]cnc3[C@@H]2c2ccc3c(c2)OCCO3)c1. The number of benzene rings is 1. The second kappa shape index (κ2) is 6.46. The number of imidazole rings is 1. The van der Waals surface area contributed by atoms with Crippen LogP contribution in [0.5, 0.6) is 11.5 Å². The standard InChI is InChI=1S/C20H20N4O2/c1-2-14(11-21-6-1)12-24-7-5-16-19(23-13-22-16)20(24)15-3-4-17-18(10-15)26-9-8-25-17/h1-4,6,10-11,13,20H,5,7-9,12H2,(H,22,23)/t20-/m0/s1. The normalized spacial score (nSPS) is 19.2. The number of hydrogen-bond acceptors (Lipinski definition) is 5. The molecular weight excluding hydrogens is 328 g/mol. The van der Waals surface area contributed by atoms with Crippen molar-refractivity contribution < 1.29 is 9.47 Å². The van der Waals surface area contributed by atoms with E-state index in [-0.39, 0.29) is 6.04 Å². The Labute approximate surface area is 151 Å². The second-order valence-corrected chi connectivity index (χ2v) is 6.65. The quantitative estimate of drug-likeness (QED) is 0.788. The maximum absolute atomic E-state index is 5.80. The van der Waals surface area contributed by atoms with E-state index in [0.717, 1.165) is 36.7 Å². The lowest BCUT2D eigenvalue weighted by molar-refractivity contribution is 0.169. The van der Waals surface area contributed by atoms with Crippen LogP contribution in [-0.4, -0.2) is 39.6 Å². The number of H-pyrrole nitrogens is 1. The minimum Gasteiger partial charge on any atom is -0.486 e. The number of pyridine rings is 1. The molecule has 0 unspecified atom stereocenters. The first-order valence-electron chi connectivity index (χ1n) is 8.93. The van der Waals surface area contributed by atoms with Gasteiger partial charge in [-0.25, -0.2) is 4.98 Å². The smallest absolute Gasteiger partial charge is 0.161 e. The molecule has 0 aliphatic carbocycles. The van der Waals surface area contributed by atoms with Crippen LogP contribution in [0.25, 0.3) is 0 Å². The molecule has 2 aliphatic heterocycles. The number of hydrogen-bond donors (Lipinski definition) is 1. The molecule has 0 saturated carbocycles. The highest BCUT2D eigenvalue weighted by Gasteiger charge is 2.32. The van der Waals surface area contributed by atoms with Crippen LogP contribution in [0, 0.1) is 0 Å². The summed E-state index contributed by atoms with van der Waals surface area (Å²) in [6.45, 7) is 2.99. The minimum absolute atomic E-state index is 0.0843. The molecule has 1 atom stereocenters. The number of aromatic nitrogens is 3. The van der Waals surface area contributed by atoms with Gasteiger partial charge in [0.1, 0.15) is 13.2 Å². The van der Waals surface area contributed by atoms with Crippen LogP contribution in [0.15, 0.2) is 49.1 Å². The van der Waals surface area contributed by atoms with E-state index >= 15 is 0 Å². The molecule has 1 N–H and O–H groups in total. The maximum atomic E-state index is 5.80. The molecule has 132 valence electrons. The molecule has 5 rings (SSSR count). The highest BCUT2D eigenvalue weighted by atomic mass is 16.6. The number of nitrogens with one attached hydrogen (secondary N) is 1. The maximum Gasteiger partial charge on any atom is 0.161 e. The zero-order chi connectivity index (χ0) is 17.3. The molecule has 6 nitrogen and oxygen atoms in total. The summed E-state index contributed by atoms with van der Waals surface area (Å²) < 4.78 is 11.5. The lowest BCUT2D eigenvalue weighted by Gasteiger charge is -2.35. The van der Waals surface area contributed by atoms with Crippen LogP contribution < -0.4 is 9.47 Å². The highest BCUT2D eigenvalue weighted by molar-refractivity contribution is 5.46. The van der Waals surface area contributed by atoms with Crippen molar-refractivity contribution in [2.24, 2.45) is 0 Å². The molecule has 0 fully saturated rings. The van der Waals surface area contributed by atoms with Crippen LogP contribution in [-0.2, 0) is 13.0 Å². The Morgan fingerprint density at radius 2 is 2.08 bits per heavy atom. The van der Waals surface area contributed by atoms with E-state index in [1.165, 1.54) is 16.8 Å². The lowest BCUT2D eigenvalue weighted by atomic mass is 9.94. The van der Waals surface area contributed by atoms with Crippen molar-refractivity contribution in [3.63, 3.8) is 0 Å². The summed E-state index contributed by atoms with van der Waals surface area (Å²) in [5.74, 6) is 1.63. The molecule has 6 heteroatoms. The molecule has 0 spiro atoms. The molecule has 2 aromatic heterocycles. The van der Waals surface area contributed by atoms with Crippen molar-refractivity contribution in [1.29, 1.82) is 0 Å². The summed E-state index contributed by atoms with van der Waals surface area (Å²) >= 11 is 0. The Morgan fingerprint density at radius 3 is 2.96 bits per heavy atom. The van der Waals surface area contributed by atoms with E-state index in [0.29, 0.717) is 13.2 Å². The first-order chi connectivity index (χ1) is 12.9. The molecule has 0 bridgehead atoms. The van der Waals surface area contributed by atoms with E-state index in [4.69, 9.17) is 9.47 Å². The average molecular weight is 348 g/mol. The number of aromatic amines is 1. The molecular formula is C20H20N4O2. The highest BCUT2D eigenvalue weighted by Crippen LogP contribution is 2.39. The van der Waals surface area contributed by atoms with E-state index < -0.39 is 0 Å². The summed E-state index contributed by atoms with van der Waals surface area (Å²) in [7, 11) is 0. The van der Waals surface area contributed by atoms with Gasteiger partial charge in [-0.3, -0.25) is 9.88 Å². The molecule has 0 amide bonds. The fraction of sp³-hybridized carbons (Fsp3) is 0.300. The molecule has 1 aromatic carbocycles. The monoisotopic (exact) mass is 348 g/mol. The Balaban J connectivity index is 1.54. The predicted molar refractivity (Wildman–Crippen MR) is 96.2 cm³/mol. The number of rotatable bonds is 3. The summed E-state index contributed by atoms with van der Waals surface area (Å²) in [5, 5.41) is 0. The summed E-state index contributed by atoms with van der Waals surface area (Å²) in [6, 6.07) is 10.4. The van der Waals surface area contributed by atoms with Gasteiger partial charge in [-0.15, -0.1) is 0 Å². The molecule has 4 heterocycles. The minimum atomic E-state index is 0.0843. The van der Waals surface area contributed by atoms with Crippen molar-refractivity contribution in [2.75, 3.05) is 19.8 Å². The van der Waals surface area contributed by atoms with Crippen molar-refractivity contribution >= 4 is 0 Å². The van der Waals surface area contributed by atoms with E-state index in [1.807, 2.05) is 24.5 Å². The third-order valence-electron chi connectivity index (χ3n) is 5.02. The van der Waals surface area contributed by atoms with Gasteiger partial charge in [-0.2, -0.15) is 0 Å². The average Bonchev–Trinajstić information content (AvgIpc) is 3.17. The first-order valence-corrected chi connectivity index (χ1v) is 8.93. The van der Waals surface area contributed by atoms with Crippen molar-refractivity contribution in [1.82, 2.24) is 19.9 Å². The summed E-state index contributed by atoms with van der Waals surface area (Å²) in [4.78, 5) is 14.6. The second-order valence-electron chi connectivity index (χ2n) is 6.65. The van der Waals surface area contributed by atoms with E-state index in [2.05, 4.69) is 38.1 Å². The third kappa shape index (κ3) is 2.72. The molecule has 3 aromatic rings. The van der Waals surface area contributed by atoms with Gasteiger partial charge in [0, 0.05) is 37.6 Å². The van der Waals surface area contributed by atoms with Crippen molar-refractivity contribution in [3.05, 3.63) is 71.6 Å². The number of ether oxygens (including phenoxy) is 2. The van der Waals surface area contributed by atoms with Crippen LogP contribution in [0.4, 0.5) is 0 Å². The van der Waals surface area contributed by atoms with E-state index in [9.17, 15) is 0 Å². The van der Waals surface area contributed by atoms with Gasteiger partial charge in [0.05, 0.1) is 18.1 Å². The number of fused-ring (bicyclic) bond motifs is 2. The largest absolute Gasteiger partial charge is 0.486 e. The third-order valence-corrected chi connectivity index (χ3v) is 5.02. The zero-order valence-electron chi connectivity index (χ0n) is 14.4. The Kier molecular flexibility index (Phi) is 3.83. The first kappa shape index (κ1) is 15.4. The van der Waals surface area contributed by atoms with Gasteiger partial charge < -0.3 is 14.5 Å². The Bertz CT molecular complexity index is 909. The fourth-order valence-electron chi connectivity index (χ4n) is 3.82. The van der Waals surface area contributed by atoms with Gasteiger partial charge in [-0.05, 0) is 29.3 Å². The molecule has 2 aliphatic rings. The lowest BCUT2D eigenvalue weighted by Crippen LogP contribution is -2.36. The zero-order valence-corrected chi connectivity index (χ0v) is 14.4. The van der Waals surface area contributed by atoms with Gasteiger partial charge in [0.2, 0.25) is 0 Å². The topological polar surface area (TPSA) is 63.3 Å². The summed E-state index contributed by atoms with van der Waals surface area (Å²) in [6.07, 6.45) is 6.50. The van der Waals surface area contributed by atoms with Crippen LogP contribution >= 0.6 is 0 Å². The summed E-state index contributed by atoms with van der Waals surface area (Å²) in [5.41, 5.74) is 4.68. The fourth-order valence-corrected chi connectivity index (χ4v) is 3.82. The van der Waals surface area contributed by atoms with Gasteiger partial charge in [0.25, 0.3) is 0 Å². The van der Waals surface area contributed by atoms with E-state index in [1.54, 1.807) is 6.33 Å². The van der Waals surface area contributed by atoms with Crippen LogP contribution in [0.2, 0.25) is 0 Å². The van der Waals surface area contributed by atoms with Crippen LogP contribution in [0.3, 0.4) is 0 Å². The van der Waals surface area contributed by atoms with Crippen molar-refractivity contribution in [3.8, 4) is 11.5 Å².